The average molecular weight is 136 g/mol. The molecule has 0 rings (SSSR count). The number of carbonyl (C=O) groups excluding carboxylic acids is 2. The van der Waals surface area contributed by atoms with Gasteiger partial charge in [0.2, 0.25) is 0 Å². The van der Waals surface area contributed by atoms with E-state index in [4.69, 9.17) is 0 Å². The fourth-order valence-electron chi connectivity index (χ4n) is 0.300. The normalized spacial score (nSPS) is 9.20. The summed E-state index contributed by atoms with van der Waals surface area (Å²) >= 11 is 0. The van der Waals surface area contributed by atoms with Gasteiger partial charge in [0.15, 0.2) is 11.6 Å². The van der Waals surface area contributed by atoms with Crippen LogP contribution in [-0.2, 0) is 9.59 Å². The second-order valence-corrected chi connectivity index (χ2v) is 1.55. The van der Waals surface area contributed by atoms with E-state index in [1.54, 1.807) is 0 Å². The molecule has 0 aliphatic rings. The molecule has 2 heteroatoms. The van der Waals surface area contributed by atoms with Crippen LogP contribution in [0.5, 0.6) is 0 Å². The Balaban J connectivity index is 3.98. The maximum Gasteiger partial charge on any atom is 0.178 e. The van der Waals surface area contributed by atoms with E-state index in [0.29, 0.717) is 0 Å². The maximum absolute atomic E-state index is 10.4. The van der Waals surface area contributed by atoms with E-state index >= 15 is 0 Å². The molecule has 0 saturated heterocycles. The third-order valence-electron chi connectivity index (χ3n) is 0.814. The van der Waals surface area contributed by atoms with Crippen LogP contribution in [0.25, 0.3) is 0 Å². The lowest BCUT2D eigenvalue weighted by atomic mass is 10.3. The van der Waals surface area contributed by atoms with Crippen molar-refractivity contribution in [3.05, 3.63) is 37.5 Å². The molecular weight excluding hydrogens is 128 g/mol. The molecule has 0 aliphatic carbocycles. The lowest BCUT2D eigenvalue weighted by molar-refractivity contribution is -0.112. The van der Waals surface area contributed by atoms with E-state index in [-0.39, 0.29) is 11.6 Å². The van der Waals surface area contributed by atoms with Crippen LogP contribution in [0.15, 0.2) is 37.5 Å². The average Bonchev–Trinajstić information content (AvgIpc) is 1.99. The van der Waals surface area contributed by atoms with Crippen molar-refractivity contribution in [2.24, 2.45) is 0 Å². The molecule has 0 saturated carbocycles. The molecule has 0 radical (unpaired) electrons. The van der Waals surface area contributed by atoms with Crippen LogP contribution in [-0.4, -0.2) is 11.6 Å². The van der Waals surface area contributed by atoms with Gasteiger partial charge < -0.3 is 0 Å². The van der Waals surface area contributed by atoms with Gasteiger partial charge in [0.05, 0.1) is 0 Å². The zero-order valence-corrected chi connectivity index (χ0v) is 5.54. The Labute approximate surface area is 59.5 Å². The summed E-state index contributed by atoms with van der Waals surface area (Å²) in [6, 6.07) is 0. The second-order valence-electron chi connectivity index (χ2n) is 1.55. The molecule has 0 amide bonds. The van der Waals surface area contributed by atoms with Crippen LogP contribution in [0.1, 0.15) is 0 Å². The van der Waals surface area contributed by atoms with Crippen molar-refractivity contribution in [3.8, 4) is 0 Å². The lowest BCUT2D eigenvalue weighted by Gasteiger charge is -1.78. The molecule has 0 fully saturated rings. The van der Waals surface area contributed by atoms with Crippen LogP contribution in [0.4, 0.5) is 0 Å². The van der Waals surface area contributed by atoms with Crippen molar-refractivity contribution in [3.63, 3.8) is 0 Å². The van der Waals surface area contributed by atoms with E-state index in [1.807, 2.05) is 0 Å². The van der Waals surface area contributed by atoms with Crippen molar-refractivity contribution in [1.29, 1.82) is 0 Å². The number of allylic oxidation sites excluding steroid dienone is 4. The molecular formula is C8H8O2. The van der Waals surface area contributed by atoms with Gasteiger partial charge in [-0.1, -0.05) is 13.2 Å². The van der Waals surface area contributed by atoms with Crippen LogP contribution in [0.3, 0.4) is 0 Å². The van der Waals surface area contributed by atoms with Gasteiger partial charge in [-0.05, 0) is 24.3 Å². The Bertz CT molecular complexity index is 177. The Morgan fingerprint density at radius 2 is 1.20 bits per heavy atom. The molecule has 0 N–H and O–H groups in total. The third kappa shape index (κ3) is 3.55. The first-order chi connectivity index (χ1) is 4.70. The van der Waals surface area contributed by atoms with Gasteiger partial charge in [0.1, 0.15) is 0 Å². The lowest BCUT2D eigenvalue weighted by Crippen LogP contribution is -1.88. The van der Waals surface area contributed by atoms with Crippen LogP contribution in [0.2, 0.25) is 0 Å². The van der Waals surface area contributed by atoms with Gasteiger partial charge >= 0.3 is 0 Å². The fraction of sp³-hybridized carbons (Fsp3) is 0. The summed E-state index contributed by atoms with van der Waals surface area (Å²) in [7, 11) is 0. The van der Waals surface area contributed by atoms with Crippen molar-refractivity contribution in [2.75, 3.05) is 0 Å². The van der Waals surface area contributed by atoms with Crippen molar-refractivity contribution >= 4 is 11.6 Å². The molecule has 52 valence electrons. The first-order valence-electron chi connectivity index (χ1n) is 2.71. The van der Waals surface area contributed by atoms with Gasteiger partial charge in [-0.3, -0.25) is 9.59 Å². The quantitative estimate of drug-likeness (QED) is 0.541. The Morgan fingerprint density at radius 1 is 0.900 bits per heavy atom. The highest BCUT2D eigenvalue weighted by Crippen LogP contribution is 1.80. The zero-order chi connectivity index (χ0) is 7.98. The summed E-state index contributed by atoms with van der Waals surface area (Å²) in [6.45, 7) is 6.45. The summed E-state index contributed by atoms with van der Waals surface area (Å²) in [5.74, 6) is -0.564. The first-order valence-corrected chi connectivity index (χ1v) is 2.71. The molecule has 0 atom stereocenters. The van der Waals surface area contributed by atoms with Crippen molar-refractivity contribution in [2.45, 2.75) is 0 Å². The van der Waals surface area contributed by atoms with Gasteiger partial charge in [-0.2, -0.15) is 0 Å². The van der Waals surface area contributed by atoms with Crippen LogP contribution in [0, 0.1) is 0 Å². The minimum absolute atomic E-state index is 0.282. The second kappa shape index (κ2) is 4.44. The molecule has 0 spiro atoms. The smallest absolute Gasteiger partial charge is 0.178 e. The number of rotatable bonds is 4. The standard InChI is InChI=1S/C8H8O2/c1-3-7(9)5-6-8(10)4-2/h3-6H,1-2H2/b6-5-. The molecule has 10 heavy (non-hydrogen) atoms. The summed E-state index contributed by atoms with van der Waals surface area (Å²) in [5.41, 5.74) is 0. The van der Waals surface area contributed by atoms with E-state index in [0.717, 1.165) is 24.3 Å². The molecule has 0 aromatic rings. The molecule has 0 aliphatic heterocycles. The molecule has 0 bridgehead atoms. The number of ketones is 2. The van der Waals surface area contributed by atoms with Crippen molar-refractivity contribution < 1.29 is 9.59 Å². The highest BCUT2D eigenvalue weighted by molar-refractivity contribution is 6.06. The topological polar surface area (TPSA) is 34.1 Å². The Kier molecular flexibility index (Phi) is 3.80. The minimum Gasteiger partial charge on any atom is -0.290 e. The van der Waals surface area contributed by atoms with Gasteiger partial charge in [0, 0.05) is 0 Å². The largest absolute Gasteiger partial charge is 0.290 e. The summed E-state index contributed by atoms with van der Waals surface area (Å²) in [6.07, 6.45) is 4.56. The first kappa shape index (κ1) is 8.56. The summed E-state index contributed by atoms with van der Waals surface area (Å²) < 4.78 is 0. The third-order valence-corrected chi connectivity index (χ3v) is 0.814. The summed E-state index contributed by atoms with van der Waals surface area (Å²) in [4.78, 5) is 20.9. The fourth-order valence-corrected chi connectivity index (χ4v) is 0.300. The molecule has 2 nitrogen and oxygen atoms in total. The predicted octanol–water partition coefficient (Wildman–Crippen LogP) is 1.05. The Hall–Kier alpha value is -1.44. The molecule has 0 aromatic heterocycles. The maximum atomic E-state index is 10.4. The number of hydrogen-bond donors (Lipinski definition) is 0. The van der Waals surface area contributed by atoms with Gasteiger partial charge in [-0.25, -0.2) is 0 Å². The Morgan fingerprint density at radius 3 is 1.40 bits per heavy atom. The monoisotopic (exact) mass is 136 g/mol. The van der Waals surface area contributed by atoms with E-state index < -0.39 is 0 Å². The highest BCUT2D eigenvalue weighted by Gasteiger charge is 1.88. The molecule has 0 heterocycles. The molecule has 0 aromatic carbocycles. The number of carbonyl (C=O) groups is 2. The van der Waals surface area contributed by atoms with Crippen LogP contribution >= 0.6 is 0 Å². The van der Waals surface area contributed by atoms with E-state index in [1.165, 1.54) is 0 Å². The van der Waals surface area contributed by atoms with E-state index in [2.05, 4.69) is 13.2 Å². The highest BCUT2D eigenvalue weighted by atomic mass is 16.1. The zero-order valence-electron chi connectivity index (χ0n) is 5.54. The molecule has 0 unspecified atom stereocenters. The number of hydrogen-bond acceptors (Lipinski definition) is 2. The van der Waals surface area contributed by atoms with E-state index in [9.17, 15) is 9.59 Å². The van der Waals surface area contributed by atoms with Gasteiger partial charge in [0.25, 0.3) is 0 Å². The van der Waals surface area contributed by atoms with Gasteiger partial charge in [-0.15, -0.1) is 0 Å². The summed E-state index contributed by atoms with van der Waals surface area (Å²) in [5, 5.41) is 0. The SMILES string of the molecule is C=CC(=O)/C=C\C(=O)C=C. The van der Waals surface area contributed by atoms with Crippen molar-refractivity contribution in [1.82, 2.24) is 0 Å². The predicted molar refractivity (Wildman–Crippen MR) is 39.5 cm³/mol. The van der Waals surface area contributed by atoms with Crippen LogP contribution < -0.4 is 0 Å². The minimum atomic E-state index is -0.282.